The van der Waals surface area contributed by atoms with Gasteiger partial charge in [0.15, 0.2) is 0 Å². The zero-order valence-electron chi connectivity index (χ0n) is 23.7. The summed E-state index contributed by atoms with van der Waals surface area (Å²) < 4.78 is 11.7. The summed E-state index contributed by atoms with van der Waals surface area (Å²) in [6.07, 6.45) is 8.43. The number of nitrogens with one attached hydrogen (secondary N) is 2. The van der Waals surface area contributed by atoms with Crippen LogP contribution in [0.5, 0.6) is 5.75 Å². The number of aromatic nitrogens is 2. The molecule has 2 aromatic carbocycles. The van der Waals surface area contributed by atoms with E-state index in [1.807, 2.05) is 49.8 Å². The average molecular weight is 577 g/mol. The van der Waals surface area contributed by atoms with E-state index in [9.17, 15) is 4.79 Å². The number of rotatable bonds is 8. The fourth-order valence-electron chi connectivity index (χ4n) is 5.91. The van der Waals surface area contributed by atoms with Crippen molar-refractivity contribution in [3.8, 4) is 16.9 Å². The SMILES string of the molecule is Cc1ccc(O[C@@H]([Si])[C@@H]2CCN2)cc1C(=O)NC1(c2cc(-c3cncc(N4CCOCC4)c3)cc3ncccc23)CC1. The molecule has 4 heterocycles. The molecule has 9 heteroatoms. The van der Waals surface area contributed by atoms with Gasteiger partial charge in [0.25, 0.3) is 5.91 Å². The fraction of sp³-hybridized carbons (Fsp3) is 0.364. The van der Waals surface area contributed by atoms with Crippen molar-refractivity contribution < 1.29 is 14.3 Å². The van der Waals surface area contributed by atoms with Crippen LogP contribution >= 0.6 is 0 Å². The largest absolute Gasteiger partial charge is 0.493 e. The molecular formula is C33H34N5O3Si. The topological polar surface area (TPSA) is 88.6 Å². The molecule has 1 aliphatic carbocycles. The maximum Gasteiger partial charge on any atom is 0.252 e. The van der Waals surface area contributed by atoms with Crippen LogP contribution in [0.1, 0.15) is 40.7 Å². The third-order valence-electron chi connectivity index (χ3n) is 8.72. The Hall–Kier alpha value is -3.79. The van der Waals surface area contributed by atoms with Gasteiger partial charge >= 0.3 is 0 Å². The Morgan fingerprint density at radius 3 is 2.74 bits per heavy atom. The van der Waals surface area contributed by atoms with Crippen LogP contribution in [0.15, 0.2) is 67.1 Å². The van der Waals surface area contributed by atoms with Gasteiger partial charge in [-0.25, -0.2) is 0 Å². The molecule has 0 spiro atoms. The Kier molecular flexibility index (Phi) is 7.17. The number of carbonyl (C=O) groups excluding carboxylic acids is 1. The van der Waals surface area contributed by atoms with Crippen LogP contribution in [0.4, 0.5) is 5.69 Å². The normalized spacial score (nSPS) is 20.0. The lowest BCUT2D eigenvalue weighted by Crippen LogP contribution is -2.53. The molecular weight excluding hydrogens is 542 g/mol. The fourth-order valence-corrected chi connectivity index (χ4v) is 6.33. The Morgan fingerprint density at radius 1 is 1.14 bits per heavy atom. The second-order valence-corrected chi connectivity index (χ2v) is 12.1. The first kappa shape index (κ1) is 27.1. The number of morpholine rings is 1. The quantitative estimate of drug-likeness (QED) is 0.306. The van der Waals surface area contributed by atoms with Crippen molar-refractivity contribution in [3.05, 3.63) is 83.8 Å². The predicted molar refractivity (Wildman–Crippen MR) is 164 cm³/mol. The molecule has 1 amide bonds. The minimum Gasteiger partial charge on any atom is -0.493 e. The van der Waals surface area contributed by atoms with Crippen molar-refractivity contribution in [1.29, 1.82) is 0 Å². The van der Waals surface area contributed by atoms with Gasteiger partial charge in [-0.05, 0) is 85.8 Å². The van der Waals surface area contributed by atoms with Crippen LogP contribution < -0.4 is 20.3 Å². The summed E-state index contributed by atoms with van der Waals surface area (Å²) in [5.74, 6) is 0.578. The molecule has 0 bridgehead atoms. The second-order valence-electron chi connectivity index (χ2n) is 11.5. The molecule has 2 N–H and O–H groups in total. The zero-order valence-corrected chi connectivity index (χ0v) is 24.7. The Morgan fingerprint density at radius 2 is 1.98 bits per heavy atom. The third-order valence-corrected chi connectivity index (χ3v) is 9.24. The number of pyridine rings is 2. The van der Waals surface area contributed by atoms with E-state index in [0.29, 0.717) is 11.3 Å². The number of fused-ring (bicyclic) bond motifs is 1. The number of benzene rings is 2. The lowest BCUT2D eigenvalue weighted by molar-refractivity contribution is 0.0929. The van der Waals surface area contributed by atoms with E-state index in [1.54, 1.807) is 0 Å². The highest BCUT2D eigenvalue weighted by atomic mass is 28.1. The highest BCUT2D eigenvalue weighted by Gasteiger charge is 2.47. The van der Waals surface area contributed by atoms with Gasteiger partial charge in [-0.1, -0.05) is 12.1 Å². The molecule has 42 heavy (non-hydrogen) atoms. The molecule has 3 radical (unpaired) electrons. The Bertz CT molecular complexity index is 1630. The summed E-state index contributed by atoms with van der Waals surface area (Å²) in [5, 5.41) is 7.82. The monoisotopic (exact) mass is 576 g/mol. The predicted octanol–water partition coefficient (Wildman–Crippen LogP) is 4.10. The lowest BCUT2D eigenvalue weighted by Gasteiger charge is -2.33. The maximum absolute atomic E-state index is 13.8. The summed E-state index contributed by atoms with van der Waals surface area (Å²) in [5.41, 5.74) is 6.08. The molecule has 3 aliphatic rings. The van der Waals surface area contributed by atoms with Gasteiger partial charge in [0.05, 0.1) is 52.1 Å². The Balaban J connectivity index is 1.19. The number of amides is 1. The van der Waals surface area contributed by atoms with Crippen LogP contribution in [0, 0.1) is 6.92 Å². The van der Waals surface area contributed by atoms with Crippen LogP contribution in [-0.2, 0) is 10.3 Å². The number of hydrogen-bond acceptors (Lipinski definition) is 7. The van der Waals surface area contributed by atoms with Crippen molar-refractivity contribution in [3.63, 3.8) is 0 Å². The first-order valence-corrected chi connectivity index (χ1v) is 15.3. The molecule has 1 saturated carbocycles. The van der Waals surface area contributed by atoms with Gasteiger partial charge in [-0.15, -0.1) is 0 Å². The minimum atomic E-state index is -0.458. The number of anilines is 1. The van der Waals surface area contributed by atoms with Crippen molar-refractivity contribution >= 4 is 32.7 Å². The van der Waals surface area contributed by atoms with E-state index in [2.05, 4.69) is 55.0 Å². The highest BCUT2D eigenvalue weighted by Crippen LogP contribution is 2.49. The van der Waals surface area contributed by atoms with E-state index in [4.69, 9.17) is 14.5 Å². The summed E-state index contributed by atoms with van der Waals surface area (Å²) >= 11 is 0. The molecule has 0 unspecified atom stereocenters. The van der Waals surface area contributed by atoms with Gasteiger partial charge in [0.2, 0.25) is 0 Å². The number of nitrogens with zero attached hydrogens (tertiary/aromatic N) is 3. The van der Waals surface area contributed by atoms with E-state index >= 15 is 0 Å². The van der Waals surface area contributed by atoms with Gasteiger partial charge in [-0.2, -0.15) is 0 Å². The van der Waals surface area contributed by atoms with E-state index in [1.165, 1.54) is 0 Å². The van der Waals surface area contributed by atoms with Gasteiger partial charge in [0, 0.05) is 48.0 Å². The first-order chi connectivity index (χ1) is 20.5. The minimum absolute atomic E-state index is 0.0962. The van der Waals surface area contributed by atoms with Gasteiger partial charge in [0.1, 0.15) is 5.75 Å². The average Bonchev–Trinajstić information content (AvgIpc) is 3.77. The second kappa shape index (κ2) is 11.1. The van der Waals surface area contributed by atoms with E-state index < -0.39 is 5.54 Å². The number of hydrogen-bond donors (Lipinski definition) is 2. The maximum atomic E-state index is 13.8. The smallest absolute Gasteiger partial charge is 0.252 e. The molecule has 8 nitrogen and oxygen atoms in total. The molecule has 2 aliphatic heterocycles. The third kappa shape index (κ3) is 5.28. The first-order valence-electron chi connectivity index (χ1n) is 14.7. The standard InChI is InChI=1S/C33H34N5O3Si/c1-21-4-5-25(41-32(42)29-6-10-36-29)18-27(21)31(39)37-33(7-8-33)28-16-22(17-30-26(28)3-2-9-35-30)23-15-24(20-34-19-23)38-11-13-40-14-12-38/h2-5,9,15-20,29,32,36H,6-8,10-14H2,1H3,(H,37,39)/t29-,32-/m0/s1. The molecule has 3 fully saturated rings. The van der Waals surface area contributed by atoms with Gasteiger partial charge < -0.3 is 25.0 Å². The molecule has 2 aromatic heterocycles. The summed E-state index contributed by atoms with van der Waals surface area (Å²) in [6.45, 7) is 6.11. The number of aryl methyl sites for hydroxylation is 1. The lowest BCUT2D eigenvalue weighted by atomic mass is 9.93. The molecule has 7 rings (SSSR count). The van der Waals surface area contributed by atoms with Crippen LogP contribution in [0.3, 0.4) is 0 Å². The van der Waals surface area contributed by atoms with Crippen LogP contribution in [-0.4, -0.2) is 70.7 Å². The zero-order chi connectivity index (χ0) is 28.7. The summed E-state index contributed by atoms with van der Waals surface area (Å²) in [6, 6.07) is 16.6. The number of ether oxygens (including phenoxy) is 2. The molecule has 2 atom stereocenters. The molecule has 213 valence electrons. The van der Waals surface area contributed by atoms with E-state index in [0.717, 1.165) is 91.0 Å². The van der Waals surface area contributed by atoms with Crippen molar-refractivity contribution in [2.45, 2.75) is 43.5 Å². The van der Waals surface area contributed by atoms with Crippen molar-refractivity contribution in [2.24, 2.45) is 0 Å². The molecule has 4 aromatic rings. The van der Waals surface area contributed by atoms with E-state index in [-0.39, 0.29) is 17.7 Å². The van der Waals surface area contributed by atoms with Crippen molar-refractivity contribution in [2.75, 3.05) is 37.7 Å². The highest BCUT2D eigenvalue weighted by molar-refractivity contribution is 6.11. The molecule has 2 saturated heterocycles. The van der Waals surface area contributed by atoms with Crippen molar-refractivity contribution in [1.82, 2.24) is 20.6 Å². The number of carbonyl (C=O) groups is 1. The van der Waals surface area contributed by atoms with Gasteiger partial charge in [-0.3, -0.25) is 14.8 Å². The van der Waals surface area contributed by atoms with Crippen LogP contribution in [0.2, 0.25) is 0 Å². The summed E-state index contributed by atoms with van der Waals surface area (Å²) in [4.78, 5) is 25.4. The summed E-state index contributed by atoms with van der Waals surface area (Å²) in [7, 11) is 3.69. The Labute approximate surface area is 249 Å². The van der Waals surface area contributed by atoms with Crippen LogP contribution in [0.25, 0.3) is 22.0 Å².